The van der Waals surface area contributed by atoms with Gasteiger partial charge in [0.05, 0.1) is 5.39 Å². The van der Waals surface area contributed by atoms with Gasteiger partial charge in [0, 0.05) is 10.9 Å². The van der Waals surface area contributed by atoms with Crippen LogP contribution in [0.4, 0.5) is 0 Å². The van der Waals surface area contributed by atoms with E-state index >= 15 is 0 Å². The third kappa shape index (κ3) is 2.85. The maximum Gasteiger partial charge on any atom is 0.352 e. The van der Waals surface area contributed by atoms with Crippen LogP contribution in [0, 0.1) is 12.8 Å². The van der Waals surface area contributed by atoms with Crippen LogP contribution in [0.15, 0.2) is 4.79 Å². The Morgan fingerprint density at radius 3 is 2.86 bits per heavy atom. The first kappa shape index (κ1) is 17.8. The molecule has 1 fully saturated rings. The molecule has 0 aliphatic heterocycles. The zero-order chi connectivity index (χ0) is 19.4. The first-order valence-electron chi connectivity index (χ1n) is 10.2. The number of hydrogen-bond donors (Lipinski definition) is 1. The maximum absolute atomic E-state index is 13.0. The number of nitrogens with one attached hydrogen (secondary N) is 1. The summed E-state index contributed by atoms with van der Waals surface area (Å²) in [4.78, 5) is 32.4. The predicted molar refractivity (Wildman–Crippen MR) is 109 cm³/mol. The van der Waals surface area contributed by atoms with Crippen molar-refractivity contribution in [2.75, 3.05) is 0 Å². The molecule has 1 amide bonds. The molecule has 0 radical (unpaired) electrons. The Morgan fingerprint density at radius 2 is 2.07 bits per heavy atom. The number of carbonyl (C=O) groups excluding carboxylic acids is 1. The minimum absolute atomic E-state index is 0.0404. The van der Waals surface area contributed by atoms with Crippen LogP contribution in [-0.2, 0) is 24.2 Å². The Kier molecular flexibility index (Phi) is 4.26. The molecule has 2 aliphatic rings. The van der Waals surface area contributed by atoms with Gasteiger partial charge in [-0.25, -0.2) is 18.9 Å². The van der Waals surface area contributed by atoms with Crippen molar-refractivity contribution in [2.45, 2.75) is 71.4 Å². The highest BCUT2D eigenvalue weighted by Crippen LogP contribution is 2.38. The number of thiophene rings is 1. The minimum atomic E-state index is -0.285. The van der Waals surface area contributed by atoms with Crippen molar-refractivity contribution in [3.63, 3.8) is 0 Å². The Labute approximate surface area is 166 Å². The summed E-state index contributed by atoms with van der Waals surface area (Å²) < 4.78 is 2.86. The second-order valence-corrected chi connectivity index (χ2v) is 9.42. The van der Waals surface area contributed by atoms with Crippen LogP contribution in [0.25, 0.3) is 15.9 Å². The van der Waals surface area contributed by atoms with Crippen LogP contribution in [0.3, 0.4) is 0 Å². The summed E-state index contributed by atoms with van der Waals surface area (Å²) in [6, 6.07) is 0.237. The zero-order valence-corrected chi connectivity index (χ0v) is 17.1. The lowest BCUT2D eigenvalue weighted by Crippen LogP contribution is -2.37. The van der Waals surface area contributed by atoms with Crippen LogP contribution >= 0.6 is 11.3 Å². The SMILES string of the molecule is Cc1nc2sc3c(c2c2nn(CC(=O)NC4CCCC4)c(=O)n12)CCC(C)C3. The number of aromatic nitrogens is 4. The fourth-order valence-corrected chi connectivity index (χ4v) is 6.11. The van der Waals surface area contributed by atoms with Gasteiger partial charge in [0.2, 0.25) is 5.91 Å². The summed E-state index contributed by atoms with van der Waals surface area (Å²) in [5.74, 6) is 1.17. The summed E-state index contributed by atoms with van der Waals surface area (Å²) >= 11 is 1.73. The first-order valence-corrected chi connectivity index (χ1v) is 11.0. The van der Waals surface area contributed by atoms with Crippen molar-refractivity contribution in [3.05, 3.63) is 26.7 Å². The first-order chi connectivity index (χ1) is 13.5. The van der Waals surface area contributed by atoms with E-state index in [0.717, 1.165) is 55.2 Å². The van der Waals surface area contributed by atoms with E-state index in [1.54, 1.807) is 15.7 Å². The smallest absolute Gasteiger partial charge is 0.352 e. The lowest BCUT2D eigenvalue weighted by Gasteiger charge is -2.17. The summed E-state index contributed by atoms with van der Waals surface area (Å²) in [6.45, 7) is 4.07. The molecule has 0 spiro atoms. The molecule has 0 bridgehead atoms. The highest BCUT2D eigenvalue weighted by Gasteiger charge is 2.26. The highest BCUT2D eigenvalue weighted by atomic mass is 32.1. The molecule has 148 valence electrons. The topological polar surface area (TPSA) is 81.3 Å². The van der Waals surface area contributed by atoms with E-state index in [2.05, 4.69) is 17.3 Å². The maximum atomic E-state index is 13.0. The van der Waals surface area contributed by atoms with Gasteiger partial charge in [-0.1, -0.05) is 19.8 Å². The van der Waals surface area contributed by atoms with E-state index in [1.807, 2.05) is 6.92 Å². The monoisotopic (exact) mass is 399 g/mol. The number of rotatable bonds is 3. The lowest BCUT2D eigenvalue weighted by molar-refractivity contribution is -0.122. The largest absolute Gasteiger partial charge is 0.352 e. The fourth-order valence-electron chi connectivity index (χ4n) is 4.69. The summed E-state index contributed by atoms with van der Waals surface area (Å²) in [5.41, 5.74) is 1.66. The number of aryl methyl sites for hydroxylation is 2. The third-order valence-electron chi connectivity index (χ3n) is 6.16. The van der Waals surface area contributed by atoms with Crippen LogP contribution in [0.2, 0.25) is 0 Å². The summed E-state index contributed by atoms with van der Waals surface area (Å²) in [7, 11) is 0. The standard InChI is InChI=1S/C20H25N5O2S/c1-11-7-8-14-15(9-11)28-19-17(14)18-23-24(20(27)25(18)12(2)21-19)10-16(26)22-13-5-3-4-6-13/h11,13H,3-10H2,1-2H3,(H,22,26). The highest BCUT2D eigenvalue weighted by molar-refractivity contribution is 7.19. The molecular formula is C20H25N5O2S. The number of carbonyl (C=O) groups is 1. The van der Waals surface area contributed by atoms with Gasteiger partial charge in [0.25, 0.3) is 0 Å². The number of hydrogen-bond acceptors (Lipinski definition) is 5. The van der Waals surface area contributed by atoms with Crippen molar-refractivity contribution in [3.8, 4) is 0 Å². The average molecular weight is 400 g/mol. The summed E-state index contributed by atoms with van der Waals surface area (Å²) in [6.07, 6.45) is 7.57. The predicted octanol–water partition coefficient (Wildman–Crippen LogP) is 2.60. The molecule has 1 saturated carbocycles. The van der Waals surface area contributed by atoms with Gasteiger partial charge in [-0.2, -0.15) is 0 Å². The molecule has 3 heterocycles. The van der Waals surface area contributed by atoms with Crippen molar-refractivity contribution in [1.82, 2.24) is 24.5 Å². The molecule has 0 aromatic carbocycles. The minimum Gasteiger partial charge on any atom is -0.352 e. The molecule has 0 saturated heterocycles. The Bertz CT molecular complexity index is 1140. The molecule has 3 aromatic rings. The zero-order valence-electron chi connectivity index (χ0n) is 16.3. The van der Waals surface area contributed by atoms with Gasteiger partial charge in [-0.05, 0) is 50.5 Å². The molecule has 1 atom stereocenters. The van der Waals surface area contributed by atoms with Crippen molar-refractivity contribution >= 4 is 33.1 Å². The van der Waals surface area contributed by atoms with E-state index in [9.17, 15) is 9.59 Å². The molecule has 5 rings (SSSR count). The van der Waals surface area contributed by atoms with Crippen molar-refractivity contribution in [1.29, 1.82) is 0 Å². The van der Waals surface area contributed by atoms with Gasteiger partial charge in [-0.3, -0.25) is 4.79 Å². The number of amides is 1. The van der Waals surface area contributed by atoms with Crippen LogP contribution in [0.5, 0.6) is 0 Å². The van der Waals surface area contributed by atoms with Crippen molar-refractivity contribution < 1.29 is 4.79 Å². The average Bonchev–Trinajstić information content (AvgIpc) is 3.33. The molecular weight excluding hydrogens is 374 g/mol. The molecule has 3 aromatic heterocycles. The molecule has 28 heavy (non-hydrogen) atoms. The van der Waals surface area contributed by atoms with E-state index in [-0.39, 0.29) is 24.2 Å². The molecule has 2 aliphatic carbocycles. The third-order valence-corrected chi connectivity index (χ3v) is 7.30. The Balaban J connectivity index is 1.57. The van der Waals surface area contributed by atoms with Gasteiger partial charge in [0.1, 0.15) is 17.2 Å². The summed E-state index contributed by atoms with van der Waals surface area (Å²) in [5, 5.41) is 8.63. The normalized spacial score (nSPS) is 20.1. The molecule has 1 N–H and O–H groups in total. The van der Waals surface area contributed by atoms with E-state index in [0.29, 0.717) is 17.4 Å². The Morgan fingerprint density at radius 1 is 1.29 bits per heavy atom. The molecule has 8 heteroatoms. The van der Waals surface area contributed by atoms with Crippen molar-refractivity contribution in [2.24, 2.45) is 5.92 Å². The molecule has 1 unspecified atom stereocenters. The molecule has 7 nitrogen and oxygen atoms in total. The number of nitrogens with zero attached hydrogens (tertiary/aromatic N) is 4. The lowest BCUT2D eigenvalue weighted by atomic mass is 9.89. The van der Waals surface area contributed by atoms with Gasteiger partial charge >= 0.3 is 5.69 Å². The van der Waals surface area contributed by atoms with E-state index < -0.39 is 0 Å². The quantitative estimate of drug-likeness (QED) is 0.734. The van der Waals surface area contributed by atoms with Gasteiger partial charge < -0.3 is 5.32 Å². The number of fused-ring (bicyclic) bond motifs is 5. The Hall–Kier alpha value is -2.22. The second-order valence-electron chi connectivity index (χ2n) is 8.34. The van der Waals surface area contributed by atoms with Crippen LogP contribution in [-0.4, -0.2) is 31.1 Å². The van der Waals surface area contributed by atoms with Gasteiger partial charge in [-0.15, -0.1) is 16.4 Å². The van der Waals surface area contributed by atoms with E-state index in [1.165, 1.54) is 15.1 Å². The fraction of sp³-hybridized carbons (Fsp3) is 0.600. The van der Waals surface area contributed by atoms with Crippen LogP contribution in [0.1, 0.15) is 55.3 Å². The second kappa shape index (κ2) is 6.69. The van der Waals surface area contributed by atoms with Crippen LogP contribution < -0.4 is 11.0 Å². The van der Waals surface area contributed by atoms with Gasteiger partial charge in [0.15, 0.2) is 5.65 Å². The van der Waals surface area contributed by atoms with E-state index in [4.69, 9.17) is 4.98 Å².